The summed E-state index contributed by atoms with van der Waals surface area (Å²) in [5.41, 5.74) is 6.13. The van der Waals surface area contributed by atoms with Crippen LogP contribution in [0.4, 0.5) is 0 Å². The van der Waals surface area contributed by atoms with Crippen LogP contribution < -0.4 is 5.73 Å². The predicted octanol–water partition coefficient (Wildman–Crippen LogP) is -0.372. The predicted molar refractivity (Wildman–Crippen MR) is 49.0 cm³/mol. The van der Waals surface area contributed by atoms with Crippen molar-refractivity contribution in [3.05, 3.63) is 18.0 Å². The summed E-state index contributed by atoms with van der Waals surface area (Å²) in [5, 5.41) is 4.12. The van der Waals surface area contributed by atoms with Gasteiger partial charge in [-0.05, 0) is 6.07 Å². The fraction of sp³-hybridized carbons (Fsp3) is 0.571. The normalized spacial score (nSPS) is 13.2. The van der Waals surface area contributed by atoms with Gasteiger partial charge >= 0.3 is 0 Å². The number of hydrogen-bond donors (Lipinski definition) is 1. The first-order valence-corrected chi connectivity index (χ1v) is 5.24. The number of rotatable bonds is 4. The smallest absolute Gasteiger partial charge is 0.0749 e. The van der Waals surface area contributed by atoms with Crippen molar-refractivity contribution < 1.29 is 4.21 Å². The lowest BCUT2D eigenvalue weighted by atomic mass is 10.5. The molecule has 68 valence electrons. The number of aromatic nitrogens is 2. The van der Waals surface area contributed by atoms with Gasteiger partial charge in [-0.15, -0.1) is 0 Å². The third-order valence-electron chi connectivity index (χ3n) is 1.42. The van der Waals surface area contributed by atoms with Crippen molar-refractivity contribution in [3.8, 4) is 0 Å². The Morgan fingerprint density at radius 1 is 1.75 bits per heavy atom. The van der Waals surface area contributed by atoms with Gasteiger partial charge < -0.3 is 5.73 Å². The summed E-state index contributed by atoms with van der Waals surface area (Å²) in [5.74, 6) is 1.06. The van der Waals surface area contributed by atoms with Crippen molar-refractivity contribution >= 4 is 10.8 Å². The Hall–Kier alpha value is -0.680. The molecule has 2 N–H and O–H groups in total. The Morgan fingerprint density at radius 2 is 2.50 bits per heavy atom. The average molecular weight is 187 g/mol. The third-order valence-corrected chi connectivity index (χ3v) is 2.73. The molecule has 0 aliphatic carbocycles. The zero-order valence-electron chi connectivity index (χ0n) is 7.06. The summed E-state index contributed by atoms with van der Waals surface area (Å²) >= 11 is 0. The van der Waals surface area contributed by atoms with E-state index in [1.54, 1.807) is 4.68 Å². The van der Waals surface area contributed by atoms with Gasteiger partial charge in [-0.1, -0.05) is 0 Å². The van der Waals surface area contributed by atoms with Gasteiger partial charge in [0.1, 0.15) is 0 Å². The lowest BCUT2D eigenvalue weighted by Crippen LogP contribution is -2.11. The highest BCUT2D eigenvalue weighted by Crippen LogP contribution is 1.98. The van der Waals surface area contributed by atoms with Crippen LogP contribution in [-0.2, 0) is 23.6 Å². The zero-order chi connectivity index (χ0) is 8.97. The van der Waals surface area contributed by atoms with E-state index in [1.807, 2.05) is 19.3 Å². The van der Waals surface area contributed by atoms with E-state index in [-0.39, 0.29) is 0 Å². The first kappa shape index (κ1) is 9.41. The molecule has 4 nitrogen and oxygen atoms in total. The average Bonchev–Trinajstić information content (AvgIpc) is 2.36. The first-order valence-electron chi connectivity index (χ1n) is 3.76. The van der Waals surface area contributed by atoms with Crippen LogP contribution in [0.5, 0.6) is 0 Å². The number of aryl methyl sites for hydroxylation is 1. The topological polar surface area (TPSA) is 60.9 Å². The fourth-order valence-electron chi connectivity index (χ4n) is 0.909. The molecule has 0 saturated carbocycles. The molecular weight excluding hydrogens is 174 g/mol. The van der Waals surface area contributed by atoms with Crippen LogP contribution >= 0.6 is 0 Å². The summed E-state index contributed by atoms with van der Waals surface area (Å²) < 4.78 is 12.9. The molecule has 0 spiro atoms. The highest BCUT2D eigenvalue weighted by molar-refractivity contribution is 7.84. The van der Waals surface area contributed by atoms with Crippen LogP contribution in [0.1, 0.15) is 5.69 Å². The second kappa shape index (κ2) is 4.37. The molecule has 5 heteroatoms. The second-order valence-electron chi connectivity index (χ2n) is 2.56. The maximum atomic E-state index is 11.2. The van der Waals surface area contributed by atoms with Crippen LogP contribution in [0.2, 0.25) is 0 Å². The molecule has 1 unspecified atom stereocenters. The number of nitrogens with two attached hydrogens (primary N) is 1. The quantitative estimate of drug-likeness (QED) is 0.699. The van der Waals surface area contributed by atoms with Crippen LogP contribution in [0, 0.1) is 0 Å². The van der Waals surface area contributed by atoms with Crippen LogP contribution in [0.15, 0.2) is 12.3 Å². The summed E-state index contributed by atoms with van der Waals surface area (Å²) in [7, 11) is 0.984. The number of hydrogen-bond acceptors (Lipinski definition) is 3. The molecule has 0 bridgehead atoms. The summed E-state index contributed by atoms with van der Waals surface area (Å²) in [6, 6.07) is 1.87. The molecule has 12 heavy (non-hydrogen) atoms. The minimum Gasteiger partial charge on any atom is -0.330 e. The summed E-state index contributed by atoms with van der Waals surface area (Å²) in [6.07, 6.45) is 1.84. The Morgan fingerprint density at radius 3 is 3.00 bits per heavy atom. The highest BCUT2D eigenvalue weighted by Gasteiger charge is 2.02. The lowest BCUT2D eigenvalue weighted by Gasteiger charge is -1.95. The van der Waals surface area contributed by atoms with Crippen molar-refractivity contribution in [1.82, 2.24) is 9.78 Å². The van der Waals surface area contributed by atoms with E-state index in [4.69, 9.17) is 5.73 Å². The van der Waals surface area contributed by atoms with Crippen molar-refractivity contribution in [2.45, 2.75) is 5.75 Å². The molecule has 1 atom stereocenters. The van der Waals surface area contributed by atoms with Gasteiger partial charge in [0.25, 0.3) is 0 Å². The standard InChI is InChI=1S/C7H13N3OS/c1-10-4-2-7(9-10)6-12(11)5-3-8/h2,4H,3,5-6,8H2,1H3. The zero-order valence-corrected chi connectivity index (χ0v) is 7.88. The Bertz CT molecular complexity index is 271. The fourth-order valence-corrected chi connectivity index (χ4v) is 1.80. The monoisotopic (exact) mass is 187 g/mol. The van der Waals surface area contributed by atoms with Gasteiger partial charge in [-0.2, -0.15) is 5.10 Å². The molecule has 0 fully saturated rings. The first-order chi connectivity index (χ1) is 5.72. The van der Waals surface area contributed by atoms with Crippen LogP contribution in [0.25, 0.3) is 0 Å². The molecule has 1 rings (SSSR count). The minimum atomic E-state index is -0.859. The van der Waals surface area contributed by atoms with Crippen molar-refractivity contribution in [1.29, 1.82) is 0 Å². The Kier molecular flexibility index (Phi) is 3.43. The molecule has 0 saturated heterocycles. The van der Waals surface area contributed by atoms with Crippen LogP contribution in [0.3, 0.4) is 0 Å². The molecule has 0 aromatic carbocycles. The van der Waals surface area contributed by atoms with Gasteiger partial charge in [0.15, 0.2) is 0 Å². The molecule has 0 aliphatic rings. The SMILES string of the molecule is Cn1ccc(CS(=O)CCN)n1. The molecule has 0 amide bonds. The van der Waals surface area contributed by atoms with E-state index in [1.165, 1.54) is 0 Å². The Labute approximate surface area is 74.2 Å². The van der Waals surface area contributed by atoms with E-state index in [9.17, 15) is 4.21 Å². The maximum Gasteiger partial charge on any atom is 0.0749 e. The Balaban J connectivity index is 2.46. The summed E-state index contributed by atoms with van der Waals surface area (Å²) in [6.45, 7) is 0.472. The lowest BCUT2D eigenvalue weighted by molar-refractivity contribution is 0.680. The van der Waals surface area contributed by atoms with Crippen molar-refractivity contribution in [2.24, 2.45) is 12.8 Å². The maximum absolute atomic E-state index is 11.2. The van der Waals surface area contributed by atoms with Crippen molar-refractivity contribution in [3.63, 3.8) is 0 Å². The van der Waals surface area contributed by atoms with Gasteiger partial charge in [0.2, 0.25) is 0 Å². The van der Waals surface area contributed by atoms with E-state index in [0.717, 1.165) is 5.69 Å². The van der Waals surface area contributed by atoms with Gasteiger partial charge in [-0.25, -0.2) is 0 Å². The van der Waals surface area contributed by atoms with E-state index >= 15 is 0 Å². The minimum absolute atomic E-state index is 0.472. The second-order valence-corrected chi connectivity index (χ2v) is 4.13. The van der Waals surface area contributed by atoms with Gasteiger partial charge in [0.05, 0.1) is 11.4 Å². The molecule has 1 heterocycles. The van der Waals surface area contributed by atoms with Crippen LogP contribution in [-0.4, -0.2) is 26.3 Å². The highest BCUT2D eigenvalue weighted by atomic mass is 32.2. The molecule has 0 aliphatic heterocycles. The van der Waals surface area contributed by atoms with Gasteiger partial charge in [0, 0.05) is 36.3 Å². The van der Waals surface area contributed by atoms with E-state index < -0.39 is 10.8 Å². The van der Waals surface area contributed by atoms with Gasteiger partial charge in [-0.3, -0.25) is 8.89 Å². The summed E-state index contributed by atoms with van der Waals surface area (Å²) in [4.78, 5) is 0. The largest absolute Gasteiger partial charge is 0.330 e. The van der Waals surface area contributed by atoms with E-state index in [2.05, 4.69) is 5.10 Å². The third kappa shape index (κ3) is 2.75. The molecule has 1 aromatic rings. The number of nitrogens with zero attached hydrogens (tertiary/aromatic N) is 2. The molecule has 0 radical (unpaired) electrons. The molecule has 1 aromatic heterocycles. The van der Waals surface area contributed by atoms with E-state index in [0.29, 0.717) is 18.1 Å². The van der Waals surface area contributed by atoms with Crippen molar-refractivity contribution in [2.75, 3.05) is 12.3 Å². The molecular formula is C7H13N3OS.